The number of alkyl halides is 3. The van der Waals surface area contributed by atoms with Gasteiger partial charge in [0.15, 0.2) is 0 Å². The number of anilines is 1. The minimum absolute atomic E-state index is 0.110. The number of piperazine rings is 1. The number of rotatable bonds is 3. The van der Waals surface area contributed by atoms with E-state index in [9.17, 15) is 13.2 Å². The lowest BCUT2D eigenvalue weighted by Gasteiger charge is -2.43. The molecule has 2 rings (SSSR count). The van der Waals surface area contributed by atoms with E-state index in [2.05, 4.69) is 28.7 Å². The summed E-state index contributed by atoms with van der Waals surface area (Å²) in [6.45, 7) is 7.28. The maximum atomic E-state index is 12.7. The van der Waals surface area contributed by atoms with Crippen LogP contribution in [0.1, 0.15) is 19.5 Å². The average molecular weight is 303 g/mol. The molecule has 8 heteroatoms. The molecule has 0 spiro atoms. The number of aromatic nitrogens is 2. The molecular weight excluding hydrogens is 283 g/mol. The van der Waals surface area contributed by atoms with Crippen molar-refractivity contribution in [3.8, 4) is 0 Å². The van der Waals surface area contributed by atoms with Gasteiger partial charge in [-0.2, -0.15) is 13.2 Å². The Morgan fingerprint density at radius 3 is 2.33 bits per heavy atom. The van der Waals surface area contributed by atoms with Crippen molar-refractivity contribution in [1.82, 2.24) is 14.9 Å². The number of hydrogen-bond acceptors (Lipinski definition) is 5. The first-order valence-electron chi connectivity index (χ1n) is 6.84. The minimum atomic E-state index is -4.44. The molecule has 118 valence electrons. The van der Waals surface area contributed by atoms with Crippen molar-refractivity contribution in [2.75, 3.05) is 37.6 Å². The molecule has 5 nitrogen and oxygen atoms in total. The zero-order chi connectivity index (χ0) is 15.7. The molecule has 0 bridgehead atoms. The first-order chi connectivity index (χ1) is 9.74. The van der Waals surface area contributed by atoms with Crippen molar-refractivity contribution < 1.29 is 13.2 Å². The molecule has 1 saturated heterocycles. The highest BCUT2D eigenvalue weighted by Gasteiger charge is 2.34. The summed E-state index contributed by atoms with van der Waals surface area (Å²) in [5, 5.41) is 0. The first-order valence-corrected chi connectivity index (χ1v) is 6.84. The normalized spacial score (nSPS) is 18.1. The van der Waals surface area contributed by atoms with Crippen LogP contribution in [0.15, 0.2) is 12.3 Å². The van der Waals surface area contributed by atoms with Crippen molar-refractivity contribution in [3.05, 3.63) is 18.0 Å². The summed E-state index contributed by atoms with van der Waals surface area (Å²) in [7, 11) is 0. The van der Waals surface area contributed by atoms with Gasteiger partial charge in [-0.05, 0) is 19.9 Å². The van der Waals surface area contributed by atoms with Crippen LogP contribution in [-0.2, 0) is 6.18 Å². The Kier molecular flexibility index (Phi) is 4.38. The van der Waals surface area contributed by atoms with Crippen molar-refractivity contribution in [2.45, 2.75) is 25.6 Å². The number of halogens is 3. The van der Waals surface area contributed by atoms with Crippen molar-refractivity contribution in [2.24, 2.45) is 5.73 Å². The second-order valence-corrected chi connectivity index (χ2v) is 5.73. The topological polar surface area (TPSA) is 58.3 Å². The zero-order valence-electron chi connectivity index (χ0n) is 12.2. The van der Waals surface area contributed by atoms with Gasteiger partial charge in [0.1, 0.15) is 5.69 Å². The first kappa shape index (κ1) is 16.0. The third-order valence-corrected chi connectivity index (χ3v) is 3.85. The van der Waals surface area contributed by atoms with E-state index >= 15 is 0 Å². The second kappa shape index (κ2) is 5.76. The molecule has 1 aliphatic rings. The van der Waals surface area contributed by atoms with E-state index < -0.39 is 11.9 Å². The maximum Gasteiger partial charge on any atom is 0.433 e. The predicted molar refractivity (Wildman–Crippen MR) is 74.0 cm³/mol. The number of hydrogen-bond donors (Lipinski definition) is 1. The lowest BCUT2D eigenvalue weighted by atomic mass is 10.0. The van der Waals surface area contributed by atoms with Gasteiger partial charge in [0.2, 0.25) is 5.95 Å². The second-order valence-electron chi connectivity index (χ2n) is 5.73. The maximum absolute atomic E-state index is 12.7. The molecule has 1 aromatic rings. The SMILES string of the molecule is CC(C)(CN)N1CCN(c2nccc(C(F)(F)F)n2)CC1. The van der Waals surface area contributed by atoms with Gasteiger partial charge in [-0.25, -0.2) is 9.97 Å². The summed E-state index contributed by atoms with van der Waals surface area (Å²) in [5.74, 6) is 0.134. The molecule has 0 atom stereocenters. The summed E-state index contributed by atoms with van der Waals surface area (Å²) in [6, 6.07) is 0.886. The van der Waals surface area contributed by atoms with Crippen LogP contribution in [0, 0.1) is 0 Å². The minimum Gasteiger partial charge on any atom is -0.338 e. The summed E-state index contributed by atoms with van der Waals surface area (Å²) in [6.07, 6.45) is -3.29. The predicted octanol–water partition coefficient (Wildman–Crippen LogP) is 1.35. The van der Waals surface area contributed by atoms with Crippen LogP contribution < -0.4 is 10.6 Å². The summed E-state index contributed by atoms with van der Waals surface area (Å²) in [4.78, 5) is 11.6. The van der Waals surface area contributed by atoms with E-state index in [1.807, 2.05) is 0 Å². The van der Waals surface area contributed by atoms with Crippen molar-refractivity contribution in [3.63, 3.8) is 0 Å². The van der Waals surface area contributed by atoms with Crippen molar-refractivity contribution in [1.29, 1.82) is 0 Å². The molecular formula is C13H20F3N5. The van der Waals surface area contributed by atoms with Gasteiger partial charge in [0.05, 0.1) is 0 Å². The Balaban J connectivity index is 2.06. The van der Waals surface area contributed by atoms with Crippen LogP contribution in [0.3, 0.4) is 0 Å². The third-order valence-electron chi connectivity index (χ3n) is 3.85. The molecule has 0 amide bonds. The highest BCUT2D eigenvalue weighted by molar-refractivity contribution is 5.31. The Labute approximate surface area is 122 Å². The van der Waals surface area contributed by atoms with E-state index in [4.69, 9.17) is 5.73 Å². The molecule has 21 heavy (non-hydrogen) atoms. The quantitative estimate of drug-likeness (QED) is 0.913. The Bertz CT molecular complexity index is 481. The molecule has 0 aliphatic carbocycles. The highest BCUT2D eigenvalue weighted by atomic mass is 19.4. The number of nitrogens with two attached hydrogens (primary N) is 1. The summed E-state index contributed by atoms with van der Waals surface area (Å²) >= 11 is 0. The van der Waals surface area contributed by atoms with E-state index in [0.29, 0.717) is 19.6 Å². The van der Waals surface area contributed by atoms with Gasteiger partial charge < -0.3 is 10.6 Å². The van der Waals surface area contributed by atoms with Gasteiger partial charge in [-0.3, -0.25) is 4.90 Å². The van der Waals surface area contributed by atoms with Crippen LogP contribution in [0.4, 0.5) is 19.1 Å². The van der Waals surface area contributed by atoms with Crippen LogP contribution in [-0.4, -0.2) is 53.1 Å². The Hall–Kier alpha value is -1.41. The highest BCUT2D eigenvalue weighted by Crippen LogP contribution is 2.28. The number of nitrogens with zero attached hydrogens (tertiary/aromatic N) is 4. The zero-order valence-corrected chi connectivity index (χ0v) is 12.2. The third kappa shape index (κ3) is 3.62. The average Bonchev–Trinajstić information content (AvgIpc) is 2.47. The lowest BCUT2D eigenvalue weighted by molar-refractivity contribution is -0.141. The fourth-order valence-corrected chi connectivity index (χ4v) is 2.30. The molecule has 0 unspecified atom stereocenters. The Morgan fingerprint density at radius 2 is 1.81 bits per heavy atom. The van der Waals surface area contributed by atoms with E-state index in [-0.39, 0.29) is 11.5 Å². The molecule has 1 aromatic heterocycles. The van der Waals surface area contributed by atoms with E-state index in [1.54, 1.807) is 4.90 Å². The largest absolute Gasteiger partial charge is 0.433 e. The molecule has 0 saturated carbocycles. The van der Waals surface area contributed by atoms with Gasteiger partial charge in [-0.1, -0.05) is 0 Å². The molecule has 1 fully saturated rings. The molecule has 0 aromatic carbocycles. The fourth-order valence-electron chi connectivity index (χ4n) is 2.30. The van der Waals surface area contributed by atoms with Crippen molar-refractivity contribution >= 4 is 5.95 Å². The van der Waals surface area contributed by atoms with Gasteiger partial charge in [-0.15, -0.1) is 0 Å². The van der Waals surface area contributed by atoms with Gasteiger partial charge in [0, 0.05) is 44.5 Å². The fraction of sp³-hybridized carbons (Fsp3) is 0.692. The standard InChI is InChI=1S/C13H20F3N5/c1-12(2,9-17)21-7-5-20(6-8-21)11-18-4-3-10(19-11)13(14,15)16/h3-4H,5-9,17H2,1-2H3. The van der Waals surface area contributed by atoms with Gasteiger partial charge >= 0.3 is 6.18 Å². The molecule has 0 radical (unpaired) electrons. The van der Waals surface area contributed by atoms with Crippen LogP contribution in [0.25, 0.3) is 0 Å². The monoisotopic (exact) mass is 303 g/mol. The van der Waals surface area contributed by atoms with Crippen LogP contribution in [0.2, 0.25) is 0 Å². The lowest BCUT2D eigenvalue weighted by Crippen LogP contribution is -2.57. The van der Waals surface area contributed by atoms with E-state index in [1.165, 1.54) is 0 Å². The van der Waals surface area contributed by atoms with E-state index in [0.717, 1.165) is 25.4 Å². The smallest absolute Gasteiger partial charge is 0.338 e. The summed E-state index contributed by atoms with van der Waals surface area (Å²) in [5.41, 5.74) is 4.73. The van der Waals surface area contributed by atoms with Gasteiger partial charge in [0.25, 0.3) is 0 Å². The molecule has 1 aliphatic heterocycles. The molecule has 2 N–H and O–H groups in total. The molecule has 2 heterocycles. The summed E-state index contributed by atoms with van der Waals surface area (Å²) < 4.78 is 38.0. The Morgan fingerprint density at radius 1 is 1.19 bits per heavy atom. The van der Waals surface area contributed by atoms with Crippen LogP contribution >= 0.6 is 0 Å². The van der Waals surface area contributed by atoms with Crippen LogP contribution in [0.5, 0.6) is 0 Å².